The van der Waals surface area contributed by atoms with E-state index in [2.05, 4.69) is 17.9 Å². The molecule has 0 saturated carbocycles. The third-order valence-corrected chi connectivity index (χ3v) is 8.01. The van der Waals surface area contributed by atoms with Crippen molar-refractivity contribution in [3.63, 3.8) is 0 Å². The minimum atomic E-state index is -3.32. The van der Waals surface area contributed by atoms with Crippen LogP contribution in [0.3, 0.4) is 0 Å². The second-order valence-electron chi connectivity index (χ2n) is 8.17. The quantitative estimate of drug-likeness (QED) is 0.483. The molecule has 176 valence electrons. The van der Waals surface area contributed by atoms with Crippen molar-refractivity contribution in [3.05, 3.63) is 53.6 Å². The van der Waals surface area contributed by atoms with Crippen LogP contribution in [-0.2, 0) is 21.0 Å². The molecule has 1 amide bonds. The number of morpholine rings is 1. The Labute approximate surface area is 198 Å². The zero-order chi connectivity index (χ0) is 23.4. The van der Waals surface area contributed by atoms with E-state index in [1.165, 1.54) is 23.5 Å². The van der Waals surface area contributed by atoms with Crippen LogP contribution in [0.1, 0.15) is 29.3 Å². The predicted octanol–water partition coefficient (Wildman–Crippen LogP) is 3.63. The molecule has 2 heterocycles. The Morgan fingerprint density at radius 2 is 1.88 bits per heavy atom. The number of aryl methyl sites for hydroxylation is 1. The molecule has 4 rings (SSSR count). The van der Waals surface area contributed by atoms with Crippen LogP contribution in [0.15, 0.2) is 47.4 Å². The number of carbonyl (C=O) groups is 1. The fourth-order valence-corrected chi connectivity index (χ4v) is 5.62. The number of para-hydroxylation sites is 1. The first-order chi connectivity index (χ1) is 15.9. The second kappa shape index (κ2) is 10.3. The van der Waals surface area contributed by atoms with Gasteiger partial charge in [-0.3, -0.25) is 14.6 Å². The van der Waals surface area contributed by atoms with Crippen molar-refractivity contribution in [3.8, 4) is 0 Å². The molecule has 9 heteroatoms. The Morgan fingerprint density at radius 1 is 1.15 bits per heavy atom. The number of carbonyl (C=O) groups excluding carboxylic acids is 1. The lowest BCUT2D eigenvalue weighted by molar-refractivity contribution is 0.0376. The zero-order valence-corrected chi connectivity index (χ0v) is 20.6. The molecule has 1 aromatic heterocycles. The first-order valence-electron chi connectivity index (χ1n) is 11.2. The van der Waals surface area contributed by atoms with Gasteiger partial charge in [-0.05, 0) is 48.7 Å². The topological polar surface area (TPSA) is 79.8 Å². The number of benzene rings is 2. The summed E-state index contributed by atoms with van der Waals surface area (Å²) in [5.41, 5.74) is 2.55. The molecule has 0 N–H and O–H groups in total. The van der Waals surface area contributed by atoms with Gasteiger partial charge < -0.3 is 4.74 Å². The van der Waals surface area contributed by atoms with Gasteiger partial charge in [-0.15, -0.1) is 0 Å². The van der Waals surface area contributed by atoms with Crippen LogP contribution in [0.5, 0.6) is 0 Å². The van der Waals surface area contributed by atoms with Gasteiger partial charge in [0.05, 0.1) is 28.3 Å². The van der Waals surface area contributed by atoms with Gasteiger partial charge in [-0.25, -0.2) is 13.4 Å². The van der Waals surface area contributed by atoms with Crippen molar-refractivity contribution in [2.24, 2.45) is 0 Å². The summed E-state index contributed by atoms with van der Waals surface area (Å²) in [4.78, 5) is 22.7. The second-order valence-corrected chi connectivity index (χ2v) is 11.2. The fourth-order valence-electron chi connectivity index (χ4n) is 3.96. The number of amides is 1. The standard InChI is InChI=1S/C24H29N3O4S2/c1-3-18-6-4-7-21-22(18)25-24(32-21)27(13-5-12-26-14-16-31-17-15-26)23(28)19-8-10-20(11-9-19)33(2,29)30/h4,6-11H,3,5,12-17H2,1-2H3. The van der Waals surface area contributed by atoms with E-state index in [0.717, 1.165) is 67.7 Å². The number of hydrogen-bond donors (Lipinski definition) is 0. The number of thiazole rings is 1. The molecular formula is C24H29N3O4S2. The SMILES string of the molecule is CCc1cccc2sc(N(CCCN3CCOCC3)C(=O)c3ccc(S(C)(=O)=O)cc3)nc12. The molecule has 0 aliphatic carbocycles. The van der Waals surface area contributed by atoms with Gasteiger partial charge in [0, 0.05) is 38.0 Å². The van der Waals surface area contributed by atoms with Crippen LogP contribution in [-0.4, -0.2) is 69.9 Å². The molecule has 1 saturated heterocycles. The Hall–Kier alpha value is -2.33. The highest BCUT2D eigenvalue weighted by molar-refractivity contribution is 7.90. The molecule has 1 aliphatic rings. The largest absolute Gasteiger partial charge is 0.379 e. The summed E-state index contributed by atoms with van der Waals surface area (Å²) >= 11 is 1.52. The molecule has 3 aromatic rings. The number of fused-ring (bicyclic) bond motifs is 1. The Kier molecular flexibility index (Phi) is 7.43. The highest BCUT2D eigenvalue weighted by Crippen LogP contribution is 2.32. The van der Waals surface area contributed by atoms with Crippen LogP contribution in [0.2, 0.25) is 0 Å². The molecule has 0 atom stereocenters. The predicted molar refractivity (Wildman–Crippen MR) is 132 cm³/mol. The summed E-state index contributed by atoms with van der Waals surface area (Å²) in [6.45, 7) is 6.81. The minimum Gasteiger partial charge on any atom is -0.379 e. The van der Waals surface area contributed by atoms with E-state index >= 15 is 0 Å². The van der Waals surface area contributed by atoms with E-state index < -0.39 is 9.84 Å². The number of sulfone groups is 1. The van der Waals surface area contributed by atoms with E-state index in [4.69, 9.17) is 9.72 Å². The molecule has 33 heavy (non-hydrogen) atoms. The van der Waals surface area contributed by atoms with Gasteiger partial charge in [-0.1, -0.05) is 30.4 Å². The molecule has 1 fully saturated rings. The Morgan fingerprint density at radius 3 is 2.55 bits per heavy atom. The summed E-state index contributed by atoms with van der Waals surface area (Å²) < 4.78 is 30.1. The van der Waals surface area contributed by atoms with E-state index in [0.29, 0.717) is 17.2 Å². The maximum absolute atomic E-state index is 13.5. The summed E-state index contributed by atoms with van der Waals surface area (Å²) in [6, 6.07) is 12.3. The van der Waals surface area contributed by atoms with E-state index in [1.807, 2.05) is 12.1 Å². The van der Waals surface area contributed by atoms with Crippen LogP contribution >= 0.6 is 11.3 Å². The lowest BCUT2D eigenvalue weighted by Crippen LogP contribution is -2.39. The lowest BCUT2D eigenvalue weighted by atomic mass is 10.1. The first-order valence-corrected chi connectivity index (χ1v) is 13.9. The lowest BCUT2D eigenvalue weighted by Gasteiger charge is -2.27. The maximum Gasteiger partial charge on any atom is 0.260 e. The summed E-state index contributed by atoms with van der Waals surface area (Å²) in [6.07, 6.45) is 2.84. The average molecular weight is 488 g/mol. The van der Waals surface area contributed by atoms with Gasteiger partial charge in [0.25, 0.3) is 5.91 Å². The Balaban J connectivity index is 1.61. The summed E-state index contributed by atoms with van der Waals surface area (Å²) in [5.74, 6) is -0.172. The molecular weight excluding hydrogens is 458 g/mol. The van der Waals surface area contributed by atoms with E-state index in [1.54, 1.807) is 17.0 Å². The minimum absolute atomic E-state index is 0.172. The molecule has 0 radical (unpaired) electrons. The average Bonchev–Trinajstić information content (AvgIpc) is 3.26. The van der Waals surface area contributed by atoms with Crippen LogP contribution in [0.4, 0.5) is 5.13 Å². The van der Waals surface area contributed by atoms with Crippen molar-refractivity contribution < 1.29 is 17.9 Å². The fraction of sp³-hybridized carbons (Fsp3) is 0.417. The molecule has 7 nitrogen and oxygen atoms in total. The van der Waals surface area contributed by atoms with Gasteiger partial charge in [-0.2, -0.15) is 0 Å². The number of aromatic nitrogens is 1. The van der Waals surface area contributed by atoms with Crippen molar-refractivity contribution in [2.45, 2.75) is 24.7 Å². The molecule has 1 aliphatic heterocycles. The number of hydrogen-bond acceptors (Lipinski definition) is 7. The van der Waals surface area contributed by atoms with Crippen molar-refractivity contribution in [1.29, 1.82) is 0 Å². The normalized spacial score (nSPS) is 15.1. The monoisotopic (exact) mass is 487 g/mol. The third kappa shape index (κ3) is 5.60. The maximum atomic E-state index is 13.5. The number of rotatable bonds is 8. The molecule has 2 aromatic carbocycles. The van der Waals surface area contributed by atoms with Crippen LogP contribution in [0, 0.1) is 0 Å². The first kappa shape index (κ1) is 23.8. The van der Waals surface area contributed by atoms with Crippen molar-refractivity contribution >= 4 is 42.4 Å². The molecule has 0 spiro atoms. The summed E-state index contributed by atoms with van der Waals surface area (Å²) in [7, 11) is -3.32. The van der Waals surface area contributed by atoms with Crippen LogP contribution < -0.4 is 4.90 Å². The zero-order valence-electron chi connectivity index (χ0n) is 19.0. The van der Waals surface area contributed by atoms with E-state index in [9.17, 15) is 13.2 Å². The molecule has 0 unspecified atom stereocenters. The highest BCUT2D eigenvalue weighted by Gasteiger charge is 2.23. The van der Waals surface area contributed by atoms with Crippen molar-refractivity contribution in [2.75, 3.05) is 50.5 Å². The van der Waals surface area contributed by atoms with Gasteiger partial charge >= 0.3 is 0 Å². The highest BCUT2D eigenvalue weighted by atomic mass is 32.2. The molecule has 0 bridgehead atoms. The van der Waals surface area contributed by atoms with Gasteiger partial charge in [0.15, 0.2) is 15.0 Å². The van der Waals surface area contributed by atoms with Gasteiger partial charge in [0.2, 0.25) is 0 Å². The number of anilines is 1. The smallest absolute Gasteiger partial charge is 0.260 e. The summed E-state index contributed by atoms with van der Waals surface area (Å²) in [5, 5.41) is 0.671. The van der Waals surface area contributed by atoms with Crippen molar-refractivity contribution in [1.82, 2.24) is 9.88 Å². The van der Waals surface area contributed by atoms with Gasteiger partial charge in [0.1, 0.15) is 0 Å². The number of nitrogens with zero attached hydrogens (tertiary/aromatic N) is 3. The third-order valence-electron chi connectivity index (χ3n) is 5.84. The number of ether oxygens (including phenoxy) is 1. The Bertz CT molecular complexity index is 1220. The van der Waals surface area contributed by atoms with Crippen LogP contribution in [0.25, 0.3) is 10.2 Å². The van der Waals surface area contributed by atoms with E-state index in [-0.39, 0.29) is 10.8 Å².